The second-order valence-corrected chi connectivity index (χ2v) is 9.08. The number of aliphatic hydroxyl groups excluding tert-OH is 2. The number of rotatable bonds is 6. The van der Waals surface area contributed by atoms with E-state index in [0.29, 0.717) is 0 Å². The van der Waals surface area contributed by atoms with Crippen LogP contribution < -0.4 is 20.9 Å². The second-order valence-electron chi connectivity index (χ2n) is 7.14. The third kappa shape index (κ3) is 4.54. The molecular formula is C17H19ClN8O6S. The average Bonchev–Trinajstić information content (AvgIpc) is 3.29. The molecule has 0 aliphatic carbocycles. The molecule has 0 radical (unpaired) electrons. The Morgan fingerprint density at radius 1 is 1.21 bits per heavy atom. The minimum Gasteiger partial charge on any atom is -0.398 e. The molecule has 176 valence electrons. The number of carbonyl (C=O) groups is 1. The molecule has 0 unspecified atom stereocenters. The molecule has 0 spiro atoms. The Kier molecular flexibility index (Phi) is 6.08. The summed E-state index contributed by atoms with van der Waals surface area (Å²) in [7, 11) is -4.36. The second kappa shape index (κ2) is 8.69. The molecular weight excluding hydrogens is 480 g/mol. The fourth-order valence-corrected chi connectivity index (χ4v) is 4.32. The SMILES string of the molecule is Nc1cc(Cl)ccc1C(=O)NS(=O)(=O)NC[C@H]1O[C@@H](n2cnc3c(N)ncnc32)[C@H](O)[C@@H]1O. The number of nitrogens with zero attached hydrogens (tertiary/aromatic N) is 4. The van der Waals surface area contributed by atoms with Crippen molar-refractivity contribution in [2.75, 3.05) is 18.0 Å². The van der Waals surface area contributed by atoms with Crippen molar-refractivity contribution in [1.82, 2.24) is 29.0 Å². The van der Waals surface area contributed by atoms with E-state index in [1.807, 2.05) is 0 Å². The number of hydrogen-bond acceptors (Lipinski definition) is 11. The van der Waals surface area contributed by atoms with Gasteiger partial charge in [-0.15, -0.1) is 0 Å². The van der Waals surface area contributed by atoms with E-state index in [1.165, 1.54) is 35.4 Å². The van der Waals surface area contributed by atoms with Crippen LogP contribution in [-0.2, 0) is 14.9 Å². The van der Waals surface area contributed by atoms with Gasteiger partial charge in [-0.25, -0.2) is 19.7 Å². The van der Waals surface area contributed by atoms with Crippen molar-refractivity contribution >= 4 is 50.4 Å². The first-order valence-corrected chi connectivity index (χ1v) is 11.2. The summed E-state index contributed by atoms with van der Waals surface area (Å²) in [5.74, 6) is -0.863. The zero-order valence-electron chi connectivity index (χ0n) is 16.7. The molecule has 33 heavy (non-hydrogen) atoms. The normalized spacial score (nSPS) is 23.1. The third-order valence-electron chi connectivity index (χ3n) is 4.96. The van der Waals surface area contributed by atoms with E-state index in [1.54, 1.807) is 4.72 Å². The van der Waals surface area contributed by atoms with Crippen LogP contribution in [0, 0.1) is 0 Å². The minimum absolute atomic E-state index is 0.00674. The number of aromatic nitrogens is 4. The number of nitrogen functional groups attached to an aromatic ring is 2. The van der Waals surface area contributed by atoms with Gasteiger partial charge in [0.05, 0.1) is 11.9 Å². The van der Waals surface area contributed by atoms with E-state index in [0.717, 1.165) is 0 Å². The van der Waals surface area contributed by atoms with Crippen LogP contribution in [0.5, 0.6) is 0 Å². The lowest BCUT2D eigenvalue weighted by molar-refractivity contribution is -0.0330. The van der Waals surface area contributed by atoms with Gasteiger partial charge in [-0.05, 0) is 18.2 Å². The van der Waals surface area contributed by atoms with E-state index in [9.17, 15) is 23.4 Å². The number of aliphatic hydroxyl groups is 2. The number of hydrogen-bond donors (Lipinski definition) is 6. The summed E-state index contributed by atoms with van der Waals surface area (Å²) >= 11 is 5.77. The minimum atomic E-state index is -4.36. The highest BCUT2D eigenvalue weighted by Crippen LogP contribution is 2.31. The summed E-state index contributed by atoms with van der Waals surface area (Å²) in [6.07, 6.45) is -2.67. The molecule has 1 aliphatic heterocycles. The highest BCUT2D eigenvalue weighted by molar-refractivity contribution is 7.88. The van der Waals surface area contributed by atoms with Gasteiger partial charge in [0.2, 0.25) is 0 Å². The lowest BCUT2D eigenvalue weighted by Gasteiger charge is -2.16. The van der Waals surface area contributed by atoms with Gasteiger partial charge in [-0.2, -0.15) is 13.1 Å². The highest BCUT2D eigenvalue weighted by Gasteiger charge is 2.44. The molecule has 0 saturated carbocycles. The van der Waals surface area contributed by atoms with E-state index in [2.05, 4.69) is 19.7 Å². The van der Waals surface area contributed by atoms with Crippen molar-refractivity contribution < 1.29 is 28.2 Å². The molecule has 8 N–H and O–H groups in total. The largest absolute Gasteiger partial charge is 0.398 e. The van der Waals surface area contributed by atoms with Crippen molar-refractivity contribution in [1.29, 1.82) is 0 Å². The summed E-state index contributed by atoms with van der Waals surface area (Å²) in [5, 5.41) is 21.1. The first kappa shape index (κ1) is 23.1. The van der Waals surface area contributed by atoms with Crippen LogP contribution in [0.3, 0.4) is 0 Å². The number of ether oxygens (including phenoxy) is 1. The number of nitrogens with one attached hydrogen (secondary N) is 2. The highest BCUT2D eigenvalue weighted by atomic mass is 35.5. The number of carbonyl (C=O) groups excluding carboxylic acids is 1. The maximum absolute atomic E-state index is 12.3. The molecule has 14 nitrogen and oxygen atoms in total. The molecule has 1 amide bonds. The first-order valence-electron chi connectivity index (χ1n) is 9.39. The Hall–Kier alpha value is -3.08. The molecule has 4 atom stereocenters. The van der Waals surface area contributed by atoms with Crippen molar-refractivity contribution in [2.24, 2.45) is 0 Å². The number of benzene rings is 1. The summed E-state index contributed by atoms with van der Waals surface area (Å²) in [4.78, 5) is 24.2. The zero-order chi connectivity index (χ0) is 23.9. The van der Waals surface area contributed by atoms with Crippen LogP contribution in [0.1, 0.15) is 16.6 Å². The summed E-state index contributed by atoms with van der Waals surface area (Å²) in [5.41, 5.74) is 11.9. The molecule has 0 bridgehead atoms. The Morgan fingerprint density at radius 2 is 1.97 bits per heavy atom. The molecule has 1 aliphatic rings. The van der Waals surface area contributed by atoms with Crippen LogP contribution >= 0.6 is 11.6 Å². The lowest BCUT2D eigenvalue weighted by Crippen LogP contribution is -2.45. The standard InChI is InChI=1S/C17H19ClN8O6S/c18-7-1-2-8(9(19)3-7)16(29)25-33(30,31)24-4-10-12(27)13(28)17(32-10)26-6-23-11-14(20)21-5-22-15(11)26/h1-3,5-6,10,12-13,17,24,27-28H,4,19H2,(H,25,29)(H2,20,21,22)/t10-,12-,13-,17-/m1/s1. The van der Waals surface area contributed by atoms with Crippen LogP contribution in [0.2, 0.25) is 5.02 Å². The molecule has 3 aromatic rings. The molecule has 1 saturated heterocycles. The Morgan fingerprint density at radius 3 is 2.70 bits per heavy atom. The van der Waals surface area contributed by atoms with Crippen LogP contribution in [0.4, 0.5) is 11.5 Å². The third-order valence-corrected chi connectivity index (χ3v) is 6.19. The molecule has 2 aromatic heterocycles. The van der Waals surface area contributed by atoms with Crippen molar-refractivity contribution in [3.8, 4) is 0 Å². The van der Waals surface area contributed by atoms with Gasteiger partial charge >= 0.3 is 10.2 Å². The monoisotopic (exact) mass is 498 g/mol. The summed E-state index contributed by atoms with van der Waals surface area (Å²) in [6.45, 7) is -0.461. The maximum Gasteiger partial charge on any atom is 0.301 e. The number of nitrogens with two attached hydrogens (primary N) is 2. The van der Waals surface area contributed by atoms with Gasteiger partial charge in [0.15, 0.2) is 17.7 Å². The van der Waals surface area contributed by atoms with Crippen molar-refractivity contribution in [3.63, 3.8) is 0 Å². The number of amides is 1. The zero-order valence-corrected chi connectivity index (χ0v) is 18.2. The fraction of sp³-hybridized carbons (Fsp3) is 0.294. The number of halogens is 1. The predicted octanol–water partition coefficient (Wildman–Crippen LogP) is -1.47. The van der Waals surface area contributed by atoms with Crippen LogP contribution in [0.25, 0.3) is 11.2 Å². The number of fused-ring (bicyclic) bond motifs is 1. The van der Waals surface area contributed by atoms with Gasteiger partial charge < -0.3 is 26.4 Å². The fourth-order valence-electron chi connectivity index (χ4n) is 3.33. The van der Waals surface area contributed by atoms with Gasteiger partial charge in [0, 0.05) is 17.3 Å². The molecule has 1 fully saturated rings. The Labute approximate surface area is 191 Å². The molecule has 3 heterocycles. The van der Waals surface area contributed by atoms with E-state index in [4.69, 9.17) is 27.8 Å². The van der Waals surface area contributed by atoms with Gasteiger partial charge in [0.25, 0.3) is 5.91 Å². The number of imidazole rings is 1. The Balaban J connectivity index is 1.43. The smallest absolute Gasteiger partial charge is 0.301 e. The van der Waals surface area contributed by atoms with Crippen molar-refractivity contribution in [2.45, 2.75) is 24.5 Å². The molecule has 1 aromatic carbocycles. The summed E-state index contributed by atoms with van der Waals surface area (Å²) in [6, 6.07) is 3.97. The van der Waals surface area contributed by atoms with E-state index < -0.39 is 47.2 Å². The van der Waals surface area contributed by atoms with Gasteiger partial charge in [-0.3, -0.25) is 9.36 Å². The molecule has 4 rings (SSSR count). The van der Waals surface area contributed by atoms with Crippen LogP contribution in [0.15, 0.2) is 30.9 Å². The summed E-state index contributed by atoms with van der Waals surface area (Å²) < 4.78 is 35.5. The maximum atomic E-state index is 12.3. The quantitative estimate of drug-likeness (QED) is 0.215. The predicted molar refractivity (Wildman–Crippen MR) is 116 cm³/mol. The van der Waals surface area contributed by atoms with E-state index in [-0.39, 0.29) is 33.3 Å². The van der Waals surface area contributed by atoms with E-state index >= 15 is 0 Å². The van der Waals surface area contributed by atoms with Crippen LogP contribution in [-0.4, -0.2) is 68.9 Å². The van der Waals surface area contributed by atoms with Crippen molar-refractivity contribution in [3.05, 3.63) is 41.4 Å². The Bertz CT molecular complexity index is 1320. The van der Waals surface area contributed by atoms with Gasteiger partial charge in [0.1, 0.15) is 30.2 Å². The molecule has 16 heteroatoms. The lowest BCUT2D eigenvalue weighted by atomic mass is 10.1. The topological polar surface area (TPSA) is 221 Å². The number of anilines is 2. The first-order chi connectivity index (χ1) is 15.6. The van der Waals surface area contributed by atoms with Gasteiger partial charge in [-0.1, -0.05) is 11.6 Å². The average molecular weight is 499 g/mol.